The Balaban J connectivity index is 1.46. The fraction of sp³-hybridized carbons (Fsp3) is 1.00. The quantitative estimate of drug-likeness (QED) is 0.213. The van der Waals surface area contributed by atoms with Crippen molar-refractivity contribution < 1.29 is 172 Å². The summed E-state index contributed by atoms with van der Waals surface area (Å²) in [6, 6.07) is 0. The number of ether oxygens (including phenoxy) is 3. The molecule has 10 atom stereocenters. The molecule has 9 aliphatic rings. The normalized spacial score (nSPS) is 52.7. The molecular weight excluding hydrogens is 993 g/mol. The Morgan fingerprint density at radius 2 is 0.931 bits per heavy atom. The monoisotopic (exact) mass is 1000 g/mol. The fourth-order valence-electron chi connectivity index (χ4n) is 5.96. The predicted octanol–water partition coefficient (Wildman–Crippen LogP) is -9.10. The molecule has 9 saturated heterocycles. The van der Waals surface area contributed by atoms with E-state index in [4.69, 9.17) is 14.2 Å². The molecule has 2 N–H and O–H groups in total. The first-order chi connectivity index (χ1) is 26.3. The maximum atomic E-state index is 13.7. The fourth-order valence-corrected chi connectivity index (χ4v) is 11.4. The van der Waals surface area contributed by atoms with Gasteiger partial charge >= 0.3 is 102 Å². The number of hydrogen-bond acceptors (Lipinski definition) is 39. The third kappa shape index (κ3) is 5.47. The Labute approximate surface area is 316 Å². The topological polar surface area (TPSA) is 492 Å². The van der Waals surface area contributed by atoms with Crippen LogP contribution in [0.2, 0.25) is 0 Å². The second kappa shape index (κ2) is 11.6. The summed E-state index contributed by atoms with van der Waals surface area (Å²) in [5.41, 5.74) is 0. The van der Waals surface area contributed by atoms with Gasteiger partial charge in [0, 0.05) is 0 Å². The molecule has 58 heavy (non-hydrogen) atoms. The minimum Gasteiger partial charge on any atom is -0.358 e. The van der Waals surface area contributed by atoms with Crippen molar-refractivity contribution in [2.45, 2.75) is 58.9 Å². The highest BCUT2D eigenvalue weighted by molar-refractivity contribution is 7.83. The molecule has 0 unspecified atom stereocenters. The van der Waals surface area contributed by atoms with Crippen LogP contribution in [0.25, 0.3) is 0 Å². The number of aliphatic hydroxyl groups is 2. The number of hydrogen-bond donors (Lipinski definition) is 2. The third-order valence-corrected chi connectivity index (χ3v) is 12.8. The van der Waals surface area contributed by atoms with E-state index in [-0.39, 0.29) is 0 Å². The highest BCUT2D eigenvalue weighted by atomic mass is 32.3. The summed E-state index contributed by atoms with van der Waals surface area (Å²) in [5, 5.41) is 24.5. The van der Waals surface area contributed by atoms with E-state index in [1.807, 2.05) is 0 Å². The van der Waals surface area contributed by atoms with Gasteiger partial charge in [-0.05, 0) is 0 Å². The van der Waals surface area contributed by atoms with Gasteiger partial charge in [-0.25, -0.2) is 31.4 Å². The molecule has 39 nitrogen and oxygen atoms in total. The zero-order valence-corrected chi connectivity index (χ0v) is 31.1. The summed E-state index contributed by atoms with van der Waals surface area (Å²) in [4.78, 5) is 26.3. The Hall–Kier alpha value is -1.35. The van der Waals surface area contributed by atoms with Crippen LogP contribution in [-0.4, -0.2) is 141 Å². The molecule has 46 heteroatoms. The van der Waals surface area contributed by atoms with Crippen molar-refractivity contribution in [1.82, 2.24) is 0 Å². The first-order valence-electron chi connectivity index (χ1n) is 13.3. The van der Waals surface area contributed by atoms with Crippen molar-refractivity contribution in [2.75, 3.05) is 13.2 Å². The predicted molar refractivity (Wildman–Crippen MR) is 131 cm³/mol. The summed E-state index contributed by atoms with van der Waals surface area (Å²) < 4.78 is 258. The molecule has 9 heterocycles. The van der Waals surface area contributed by atoms with Crippen LogP contribution >= 0.6 is 0 Å². The van der Waals surface area contributed by atoms with Crippen LogP contribution in [-0.2, 0) is 176 Å². The second-order valence-corrected chi connectivity index (χ2v) is 19.0. The maximum Gasteiger partial charge on any atom is 0.453 e. The minimum atomic E-state index is -6.82. The summed E-state index contributed by atoms with van der Waals surface area (Å²) in [5.74, 6) is -40.1. The van der Waals surface area contributed by atoms with Gasteiger partial charge in [0.1, 0.15) is 13.2 Å². The van der Waals surface area contributed by atoms with E-state index in [1.54, 1.807) is 0 Å². The minimum absolute atomic E-state index is 2.40. The number of fused-ring (bicyclic) bond motifs is 2. The van der Waals surface area contributed by atoms with E-state index >= 15 is 0 Å². The maximum absolute atomic E-state index is 13.7. The molecule has 0 aliphatic carbocycles. The molecule has 4 spiro atoms. The second-order valence-electron chi connectivity index (χ2n) is 11.2. The molecule has 9 rings (SSSR count). The largest absolute Gasteiger partial charge is 0.453 e. The van der Waals surface area contributed by atoms with Gasteiger partial charge in [0.15, 0.2) is 0 Å². The smallest absolute Gasteiger partial charge is 0.358 e. The third-order valence-electron chi connectivity index (χ3n) is 7.75. The van der Waals surface area contributed by atoms with Crippen LogP contribution < -0.4 is 0 Å². The summed E-state index contributed by atoms with van der Waals surface area (Å²) in [6.45, 7) is -4.95. The van der Waals surface area contributed by atoms with Crippen molar-refractivity contribution in [3.63, 3.8) is 0 Å². The van der Waals surface area contributed by atoms with Crippen molar-refractivity contribution in [2.24, 2.45) is 0 Å². The van der Waals surface area contributed by atoms with Gasteiger partial charge in [-0.2, -0.15) is 90.3 Å². The Morgan fingerprint density at radius 1 is 0.431 bits per heavy atom. The van der Waals surface area contributed by atoms with Gasteiger partial charge in [-0.15, -0.1) is 0 Å². The molecule has 0 aromatic rings. The highest BCUT2D eigenvalue weighted by Gasteiger charge is 3.03. The molecule has 0 amide bonds. The first kappa shape index (κ1) is 42.0. The molecule has 0 aromatic carbocycles. The van der Waals surface area contributed by atoms with Crippen molar-refractivity contribution >= 4 is 72.8 Å². The van der Waals surface area contributed by atoms with E-state index in [1.165, 1.54) is 0 Å². The molecule has 332 valence electrons. The van der Waals surface area contributed by atoms with Gasteiger partial charge in [0.05, 0.1) is 0 Å². The van der Waals surface area contributed by atoms with E-state index in [0.717, 1.165) is 0 Å². The molecule has 0 saturated carbocycles. The van der Waals surface area contributed by atoms with Crippen LogP contribution in [0.3, 0.4) is 0 Å². The Morgan fingerprint density at radius 3 is 1.60 bits per heavy atom. The van der Waals surface area contributed by atoms with E-state index in [0.29, 0.717) is 0 Å². The van der Waals surface area contributed by atoms with Crippen molar-refractivity contribution in [1.29, 1.82) is 0 Å². The Bertz CT molecular complexity index is 2660. The molecule has 0 radical (unpaired) electrons. The highest BCUT2D eigenvalue weighted by Crippen LogP contribution is 2.70. The summed E-state index contributed by atoms with van der Waals surface area (Å²) >= 11 is 0. The van der Waals surface area contributed by atoms with E-state index in [2.05, 4.69) is 88.8 Å². The lowest BCUT2D eigenvalue weighted by Gasteiger charge is -2.61. The molecular formula is C12H8O39S7. The lowest BCUT2D eigenvalue weighted by atomic mass is 9.83. The zero-order chi connectivity index (χ0) is 42.3. The average molecular weight is 1000 g/mol. The van der Waals surface area contributed by atoms with Gasteiger partial charge in [0.2, 0.25) is 12.4 Å². The van der Waals surface area contributed by atoms with Crippen LogP contribution in [0.15, 0.2) is 0 Å². The first-order valence-corrected chi connectivity index (χ1v) is 22.6. The van der Waals surface area contributed by atoms with Gasteiger partial charge in [-0.3, -0.25) is 9.47 Å². The zero-order valence-electron chi connectivity index (χ0n) is 25.4. The molecule has 9 fully saturated rings. The van der Waals surface area contributed by atoms with Crippen LogP contribution in [0, 0.1) is 0 Å². The molecule has 9 aliphatic heterocycles. The van der Waals surface area contributed by atoms with Crippen LogP contribution in [0.5, 0.6) is 0 Å². The van der Waals surface area contributed by atoms with Gasteiger partial charge < -0.3 is 14.9 Å². The number of rotatable bonds is 0. The summed E-state index contributed by atoms with van der Waals surface area (Å²) in [6.07, 6.45) is -6.65. The van der Waals surface area contributed by atoms with Crippen molar-refractivity contribution in [3.8, 4) is 0 Å². The summed E-state index contributed by atoms with van der Waals surface area (Å²) in [7, 11) is -44.3. The lowest BCUT2D eigenvalue weighted by Crippen LogP contribution is -2.92. The molecule has 5 bridgehead atoms. The van der Waals surface area contributed by atoms with Gasteiger partial charge in [-0.1, -0.05) is 26.0 Å². The van der Waals surface area contributed by atoms with E-state index in [9.17, 15) is 69.1 Å². The van der Waals surface area contributed by atoms with Crippen molar-refractivity contribution in [3.05, 3.63) is 0 Å². The van der Waals surface area contributed by atoms with Crippen LogP contribution in [0.1, 0.15) is 0 Å². The SMILES string of the molecule is O=S1(=O)OOC[C@]23O[C@]45O[C@]67OS(=O)(=O)O[C@]6(O)[C@@H]6OOS(=O)(=O)OO[C@H]6O[C@]7(COO1)OS(=O)(=O)OO[C@@]1(OS(=O)(=O)O[C@@]41O)[C@]2(OOS(=O)(=O)O5)OS(=O)(=O)O3. The van der Waals surface area contributed by atoms with Crippen LogP contribution in [0.4, 0.5) is 0 Å². The van der Waals surface area contributed by atoms with Gasteiger partial charge in [0.25, 0.3) is 17.4 Å². The average Bonchev–Trinajstić information content (AvgIpc) is 3.45. The lowest BCUT2D eigenvalue weighted by molar-refractivity contribution is -0.679. The standard InChI is InChI=1S/C12H8O39S7/c13-7-3-4(33-49-58(27,28)48-32-3)31-5-1-29-46-57(25,26)47-30-2-6-10(43-52(15,16)39-6)11(37-51-55(21,22)38-5)8(14,41-54(19,20)44-11)12(34-6,45-56(23,24)50-36-10)35-9(5,7)42-53(17,18)40-7/h3-4,13-14H,1-2H2/t3-,4-,5-,6-,7-,8-,9-,10-,11+,12+/m1/s1. The molecule has 0 aromatic heterocycles. The Kier molecular flexibility index (Phi) is 8.40. The van der Waals surface area contributed by atoms with E-state index < -0.39 is 145 Å².